The maximum absolute atomic E-state index is 12.8. The van der Waals surface area contributed by atoms with Gasteiger partial charge in [0.15, 0.2) is 11.5 Å². The van der Waals surface area contributed by atoms with E-state index in [4.69, 9.17) is 25.8 Å². The second-order valence-electron chi connectivity index (χ2n) is 6.29. The molecule has 1 amide bonds. The lowest BCUT2D eigenvalue weighted by molar-refractivity contribution is -0.00530. The van der Waals surface area contributed by atoms with Crippen molar-refractivity contribution < 1.29 is 24.1 Å². The van der Waals surface area contributed by atoms with Gasteiger partial charge in [-0.25, -0.2) is 0 Å². The number of fused-ring (bicyclic) bond motifs is 2. The molecule has 1 fully saturated rings. The van der Waals surface area contributed by atoms with E-state index in [1.807, 2.05) is 12.1 Å². The average Bonchev–Trinajstić information content (AvgIpc) is 2.97. The van der Waals surface area contributed by atoms with Gasteiger partial charge < -0.3 is 24.6 Å². The molecule has 0 bridgehead atoms. The van der Waals surface area contributed by atoms with Gasteiger partial charge in [0.25, 0.3) is 5.91 Å². The number of carbonyl (C=O) groups is 1. The van der Waals surface area contributed by atoms with Crippen molar-refractivity contribution >= 4 is 38.9 Å². The molecule has 1 saturated heterocycles. The lowest BCUT2D eigenvalue weighted by atomic mass is 9.93. The molecule has 0 saturated carbocycles. The SMILES string of the molecule is O=C(NC1(CO)CCCOC1)c1sc2cc3c(cc2c1Cl)OCCO3. The minimum absolute atomic E-state index is 0.169. The summed E-state index contributed by atoms with van der Waals surface area (Å²) in [5.74, 6) is 1.000. The first-order valence-corrected chi connectivity index (χ1v) is 9.34. The molecule has 25 heavy (non-hydrogen) atoms. The van der Waals surface area contributed by atoms with Crippen molar-refractivity contribution in [2.45, 2.75) is 18.4 Å². The van der Waals surface area contributed by atoms with Crippen LogP contribution >= 0.6 is 22.9 Å². The van der Waals surface area contributed by atoms with Crippen LogP contribution in [0.25, 0.3) is 10.1 Å². The van der Waals surface area contributed by atoms with E-state index in [1.165, 1.54) is 11.3 Å². The zero-order chi connectivity index (χ0) is 17.4. The minimum Gasteiger partial charge on any atom is -0.486 e. The first kappa shape index (κ1) is 16.9. The quantitative estimate of drug-likeness (QED) is 0.851. The van der Waals surface area contributed by atoms with Gasteiger partial charge in [-0.15, -0.1) is 11.3 Å². The van der Waals surface area contributed by atoms with Crippen molar-refractivity contribution in [3.8, 4) is 11.5 Å². The molecule has 6 nitrogen and oxygen atoms in total. The summed E-state index contributed by atoms with van der Waals surface area (Å²) >= 11 is 7.76. The molecule has 4 rings (SSSR count). The monoisotopic (exact) mass is 383 g/mol. The summed E-state index contributed by atoms with van der Waals surface area (Å²) in [5, 5.41) is 13.8. The van der Waals surface area contributed by atoms with Crippen molar-refractivity contribution in [3.05, 3.63) is 22.0 Å². The summed E-state index contributed by atoms with van der Waals surface area (Å²) in [4.78, 5) is 13.2. The first-order valence-electron chi connectivity index (χ1n) is 8.15. The van der Waals surface area contributed by atoms with Crippen molar-refractivity contribution in [2.24, 2.45) is 0 Å². The summed E-state index contributed by atoms with van der Waals surface area (Å²) < 4.78 is 17.5. The molecule has 1 atom stereocenters. The molecule has 0 aliphatic carbocycles. The van der Waals surface area contributed by atoms with Crippen molar-refractivity contribution in [3.63, 3.8) is 0 Å². The molecule has 1 aromatic heterocycles. The van der Waals surface area contributed by atoms with Crippen LogP contribution in [0, 0.1) is 0 Å². The number of benzene rings is 1. The predicted molar refractivity (Wildman–Crippen MR) is 95.2 cm³/mol. The number of aliphatic hydroxyl groups excluding tert-OH is 1. The van der Waals surface area contributed by atoms with Gasteiger partial charge >= 0.3 is 0 Å². The highest BCUT2D eigenvalue weighted by Gasteiger charge is 2.35. The van der Waals surface area contributed by atoms with E-state index in [0.29, 0.717) is 54.2 Å². The fourth-order valence-electron chi connectivity index (χ4n) is 3.16. The van der Waals surface area contributed by atoms with Gasteiger partial charge in [-0.05, 0) is 18.9 Å². The van der Waals surface area contributed by atoms with Crippen molar-refractivity contribution in [2.75, 3.05) is 33.0 Å². The number of thiophene rings is 1. The molecule has 1 unspecified atom stereocenters. The summed E-state index contributed by atoms with van der Waals surface area (Å²) in [6.45, 7) is 1.77. The van der Waals surface area contributed by atoms with Crippen LogP contribution in [0.3, 0.4) is 0 Å². The lowest BCUT2D eigenvalue weighted by Crippen LogP contribution is -2.56. The van der Waals surface area contributed by atoms with Crippen LogP contribution in [-0.2, 0) is 4.74 Å². The number of hydrogen-bond acceptors (Lipinski definition) is 6. The van der Waals surface area contributed by atoms with Gasteiger partial charge in [0.2, 0.25) is 0 Å². The molecule has 2 aromatic rings. The highest BCUT2D eigenvalue weighted by molar-refractivity contribution is 7.21. The smallest absolute Gasteiger partial charge is 0.263 e. The number of halogens is 1. The largest absolute Gasteiger partial charge is 0.486 e. The van der Waals surface area contributed by atoms with Crippen LogP contribution in [-0.4, -0.2) is 49.6 Å². The second kappa shape index (κ2) is 6.64. The molecule has 2 aliphatic rings. The normalized spacial score (nSPS) is 22.8. The Labute approximate surface area is 153 Å². The number of ether oxygens (including phenoxy) is 3. The van der Waals surface area contributed by atoms with Crippen LogP contribution in [0.15, 0.2) is 12.1 Å². The first-order chi connectivity index (χ1) is 12.1. The zero-order valence-electron chi connectivity index (χ0n) is 13.5. The fraction of sp³-hybridized carbons (Fsp3) is 0.471. The highest BCUT2D eigenvalue weighted by Crippen LogP contribution is 2.42. The molecule has 3 heterocycles. The van der Waals surface area contributed by atoms with Crippen molar-refractivity contribution in [1.82, 2.24) is 5.32 Å². The van der Waals surface area contributed by atoms with Gasteiger partial charge in [0.05, 0.1) is 23.8 Å². The maximum atomic E-state index is 12.8. The van der Waals surface area contributed by atoms with E-state index in [0.717, 1.165) is 16.5 Å². The van der Waals surface area contributed by atoms with Crippen LogP contribution in [0.2, 0.25) is 5.02 Å². The molecular formula is C17H18ClNO5S. The van der Waals surface area contributed by atoms with Gasteiger partial charge in [-0.1, -0.05) is 11.6 Å². The van der Waals surface area contributed by atoms with Crippen LogP contribution in [0.5, 0.6) is 11.5 Å². The third-order valence-corrected chi connectivity index (χ3v) is 6.16. The number of nitrogens with one attached hydrogen (secondary N) is 1. The highest BCUT2D eigenvalue weighted by atomic mass is 35.5. The Bertz CT molecular complexity index is 815. The second-order valence-corrected chi connectivity index (χ2v) is 7.72. The average molecular weight is 384 g/mol. The van der Waals surface area contributed by atoms with E-state index in [2.05, 4.69) is 5.32 Å². The minimum atomic E-state index is -0.750. The van der Waals surface area contributed by atoms with Crippen LogP contribution in [0.4, 0.5) is 0 Å². The van der Waals surface area contributed by atoms with E-state index in [1.54, 1.807) is 0 Å². The molecule has 0 spiro atoms. The summed E-state index contributed by atoms with van der Waals surface area (Å²) in [7, 11) is 0. The van der Waals surface area contributed by atoms with Gasteiger partial charge in [0.1, 0.15) is 18.1 Å². The maximum Gasteiger partial charge on any atom is 0.263 e. The number of amides is 1. The third-order valence-electron chi connectivity index (χ3n) is 4.50. The molecule has 0 radical (unpaired) electrons. The molecule has 2 aliphatic heterocycles. The molecule has 134 valence electrons. The topological polar surface area (TPSA) is 77.0 Å². The van der Waals surface area contributed by atoms with Crippen molar-refractivity contribution in [1.29, 1.82) is 0 Å². The Morgan fingerprint density at radius 2 is 2.04 bits per heavy atom. The molecular weight excluding hydrogens is 366 g/mol. The summed E-state index contributed by atoms with van der Waals surface area (Å²) in [6, 6.07) is 3.66. The molecule has 1 aromatic carbocycles. The Morgan fingerprint density at radius 3 is 2.72 bits per heavy atom. The van der Waals surface area contributed by atoms with E-state index >= 15 is 0 Å². The number of hydrogen-bond donors (Lipinski definition) is 2. The van der Waals surface area contributed by atoms with Gasteiger partial charge in [-0.2, -0.15) is 0 Å². The lowest BCUT2D eigenvalue weighted by Gasteiger charge is -2.36. The predicted octanol–water partition coefficient (Wildman–Crippen LogP) is 2.60. The van der Waals surface area contributed by atoms with Gasteiger partial charge in [0, 0.05) is 22.8 Å². The number of aliphatic hydroxyl groups is 1. The molecule has 2 N–H and O–H groups in total. The van der Waals surface area contributed by atoms with E-state index < -0.39 is 5.54 Å². The summed E-state index contributed by atoms with van der Waals surface area (Å²) in [6.07, 6.45) is 1.47. The van der Waals surface area contributed by atoms with E-state index in [-0.39, 0.29) is 12.5 Å². The van der Waals surface area contributed by atoms with Gasteiger partial charge in [-0.3, -0.25) is 4.79 Å². The fourth-order valence-corrected chi connectivity index (χ4v) is 4.58. The number of carbonyl (C=O) groups excluding carboxylic acids is 1. The Balaban J connectivity index is 1.66. The Kier molecular flexibility index (Phi) is 4.49. The Morgan fingerprint density at radius 1 is 1.28 bits per heavy atom. The summed E-state index contributed by atoms with van der Waals surface area (Å²) in [5.41, 5.74) is -0.750. The van der Waals surface area contributed by atoms with E-state index in [9.17, 15) is 9.90 Å². The van der Waals surface area contributed by atoms with Crippen LogP contribution in [0.1, 0.15) is 22.5 Å². The zero-order valence-corrected chi connectivity index (χ0v) is 15.0. The third kappa shape index (κ3) is 3.06. The number of rotatable bonds is 3. The Hall–Kier alpha value is -1.54. The molecule has 8 heteroatoms. The standard InChI is InChI=1S/C17H18ClNO5S/c18-14-10-6-11-12(24-5-4-23-11)7-13(10)25-15(14)16(21)19-17(8-20)2-1-3-22-9-17/h6-7,20H,1-5,8-9H2,(H,19,21). The van der Waals surface area contributed by atoms with Crippen LogP contribution < -0.4 is 14.8 Å².